The number of para-hydroxylation sites is 1. The molecule has 140 valence electrons. The molecule has 1 atom stereocenters. The van der Waals surface area contributed by atoms with E-state index in [4.69, 9.17) is 9.52 Å². The molecule has 2 rings (SSSR count). The SMILES string of the molecule is CCc1oc(C(=O)NC(CC)c2ccccc2OC(F)F)cc1C(=O)O. The molecule has 0 aliphatic heterocycles. The predicted octanol–water partition coefficient (Wildman–Crippen LogP) is 4.02. The Morgan fingerprint density at radius 3 is 2.50 bits per heavy atom. The fraction of sp³-hybridized carbons (Fsp3) is 0.333. The molecular formula is C18H19F2NO5. The summed E-state index contributed by atoms with van der Waals surface area (Å²) in [5.41, 5.74) is 0.316. The van der Waals surface area contributed by atoms with Crippen LogP contribution in [0.25, 0.3) is 0 Å². The number of carbonyl (C=O) groups is 2. The van der Waals surface area contributed by atoms with Gasteiger partial charge >= 0.3 is 12.6 Å². The first kappa shape index (κ1) is 19.4. The smallest absolute Gasteiger partial charge is 0.387 e. The quantitative estimate of drug-likeness (QED) is 0.736. The van der Waals surface area contributed by atoms with Gasteiger partial charge < -0.3 is 19.6 Å². The second-order valence-electron chi connectivity index (χ2n) is 5.46. The summed E-state index contributed by atoms with van der Waals surface area (Å²) < 4.78 is 35.0. The van der Waals surface area contributed by atoms with Crippen LogP contribution in [0.3, 0.4) is 0 Å². The number of aryl methyl sites for hydroxylation is 1. The van der Waals surface area contributed by atoms with Crippen molar-refractivity contribution in [3.63, 3.8) is 0 Å². The number of furan rings is 1. The molecule has 2 N–H and O–H groups in total. The van der Waals surface area contributed by atoms with E-state index in [-0.39, 0.29) is 22.8 Å². The van der Waals surface area contributed by atoms with E-state index >= 15 is 0 Å². The van der Waals surface area contributed by atoms with Gasteiger partial charge in [0, 0.05) is 18.1 Å². The van der Waals surface area contributed by atoms with E-state index in [1.165, 1.54) is 6.07 Å². The summed E-state index contributed by atoms with van der Waals surface area (Å²) in [7, 11) is 0. The van der Waals surface area contributed by atoms with Crippen LogP contribution < -0.4 is 10.1 Å². The molecule has 0 spiro atoms. The summed E-state index contributed by atoms with van der Waals surface area (Å²) in [5, 5.41) is 11.8. The van der Waals surface area contributed by atoms with Gasteiger partial charge in [-0.2, -0.15) is 8.78 Å². The molecule has 0 aliphatic rings. The molecule has 8 heteroatoms. The lowest BCUT2D eigenvalue weighted by Gasteiger charge is -2.20. The number of amides is 1. The third-order valence-corrected chi connectivity index (χ3v) is 3.81. The largest absolute Gasteiger partial charge is 0.478 e. The third-order valence-electron chi connectivity index (χ3n) is 3.81. The molecule has 1 aromatic carbocycles. The summed E-state index contributed by atoms with van der Waals surface area (Å²) in [6, 6.07) is 6.71. The number of hydrogen-bond acceptors (Lipinski definition) is 4. The lowest BCUT2D eigenvalue weighted by molar-refractivity contribution is -0.0507. The molecule has 1 amide bonds. The Balaban J connectivity index is 2.26. The van der Waals surface area contributed by atoms with E-state index in [1.807, 2.05) is 0 Å². The second-order valence-corrected chi connectivity index (χ2v) is 5.46. The number of alkyl halides is 2. The van der Waals surface area contributed by atoms with E-state index in [1.54, 1.807) is 32.0 Å². The number of nitrogens with one attached hydrogen (secondary N) is 1. The van der Waals surface area contributed by atoms with Crippen molar-refractivity contribution in [1.29, 1.82) is 0 Å². The monoisotopic (exact) mass is 367 g/mol. The molecule has 1 aromatic heterocycles. The highest BCUT2D eigenvalue weighted by atomic mass is 19.3. The van der Waals surface area contributed by atoms with E-state index in [0.717, 1.165) is 6.07 Å². The van der Waals surface area contributed by atoms with E-state index in [0.29, 0.717) is 18.4 Å². The summed E-state index contributed by atoms with van der Waals surface area (Å²) in [6.45, 7) is 0.492. The number of hydrogen-bond donors (Lipinski definition) is 2. The van der Waals surface area contributed by atoms with Gasteiger partial charge in [0.25, 0.3) is 5.91 Å². The highest BCUT2D eigenvalue weighted by molar-refractivity contribution is 5.96. The zero-order chi connectivity index (χ0) is 19.3. The van der Waals surface area contributed by atoms with Gasteiger partial charge in [-0.1, -0.05) is 32.0 Å². The van der Waals surface area contributed by atoms with Crippen LogP contribution in [0.1, 0.15) is 58.5 Å². The predicted molar refractivity (Wildman–Crippen MR) is 88.6 cm³/mol. The topological polar surface area (TPSA) is 88.8 Å². The summed E-state index contributed by atoms with van der Waals surface area (Å²) in [4.78, 5) is 23.6. The van der Waals surface area contributed by atoms with Crippen molar-refractivity contribution in [2.24, 2.45) is 0 Å². The van der Waals surface area contributed by atoms with Crippen molar-refractivity contribution in [3.05, 3.63) is 53.0 Å². The standard InChI is InChI=1S/C18H19F2NO5/c1-3-12(10-7-5-6-8-14(10)26-18(19)20)21-16(22)15-9-11(17(23)24)13(4-2)25-15/h5-9,12,18H,3-4H2,1-2H3,(H,21,22)(H,23,24). The minimum absolute atomic E-state index is 0.0328. The summed E-state index contributed by atoms with van der Waals surface area (Å²) in [6.07, 6.45) is 0.722. The van der Waals surface area contributed by atoms with Crippen molar-refractivity contribution in [2.45, 2.75) is 39.3 Å². The molecule has 1 unspecified atom stereocenters. The van der Waals surface area contributed by atoms with Gasteiger partial charge in [-0.25, -0.2) is 4.79 Å². The van der Waals surface area contributed by atoms with Crippen LogP contribution in [0.4, 0.5) is 8.78 Å². The van der Waals surface area contributed by atoms with Crippen LogP contribution in [0, 0.1) is 0 Å². The molecule has 0 aliphatic carbocycles. The third kappa shape index (κ3) is 4.38. The van der Waals surface area contributed by atoms with E-state index in [2.05, 4.69) is 10.1 Å². The highest BCUT2D eigenvalue weighted by Gasteiger charge is 2.24. The van der Waals surface area contributed by atoms with Crippen molar-refractivity contribution in [1.82, 2.24) is 5.32 Å². The Bertz CT molecular complexity index is 788. The normalized spacial score (nSPS) is 12.0. The molecule has 0 saturated carbocycles. The van der Waals surface area contributed by atoms with Gasteiger partial charge in [-0.05, 0) is 12.5 Å². The Labute approximate surface area is 148 Å². The second kappa shape index (κ2) is 8.46. The van der Waals surface area contributed by atoms with Crippen LogP contribution in [0.2, 0.25) is 0 Å². The molecule has 0 saturated heterocycles. The Hall–Kier alpha value is -2.90. The maximum atomic E-state index is 12.6. The van der Waals surface area contributed by atoms with Crippen LogP contribution in [0.15, 0.2) is 34.7 Å². The van der Waals surface area contributed by atoms with Gasteiger partial charge in [-0.3, -0.25) is 4.79 Å². The molecule has 6 nitrogen and oxygen atoms in total. The number of halogens is 2. The first-order valence-corrected chi connectivity index (χ1v) is 8.07. The minimum atomic E-state index is -2.99. The highest BCUT2D eigenvalue weighted by Crippen LogP contribution is 2.29. The summed E-state index contributed by atoms with van der Waals surface area (Å²) in [5.74, 6) is -1.81. The van der Waals surface area contributed by atoms with Gasteiger partial charge in [0.05, 0.1) is 6.04 Å². The minimum Gasteiger partial charge on any atom is -0.478 e. The number of benzene rings is 1. The van der Waals surface area contributed by atoms with E-state index < -0.39 is 24.5 Å². The molecular weight excluding hydrogens is 348 g/mol. The van der Waals surface area contributed by atoms with Crippen molar-refractivity contribution < 1.29 is 32.6 Å². The maximum absolute atomic E-state index is 12.6. The zero-order valence-corrected chi connectivity index (χ0v) is 14.3. The van der Waals surface area contributed by atoms with Crippen LogP contribution in [-0.4, -0.2) is 23.6 Å². The average molecular weight is 367 g/mol. The maximum Gasteiger partial charge on any atom is 0.387 e. The first-order chi connectivity index (χ1) is 12.4. The number of aromatic carboxylic acids is 1. The lowest BCUT2D eigenvalue weighted by atomic mass is 10.0. The van der Waals surface area contributed by atoms with Crippen LogP contribution in [0.5, 0.6) is 5.75 Å². The molecule has 0 radical (unpaired) electrons. The van der Waals surface area contributed by atoms with Crippen molar-refractivity contribution in [3.8, 4) is 5.75 Å². The average Bonchev–Trinajstić information content (AvgIpc) is 3.04. The van der Waals surface area contributed by atoms with Crippen LogP contribution >= 0.6 is 0 Å². The molecule has 2 aromatic rings. The van der Waals surface area contributed by atoms with Gasteiger partial charge in [-0.15, -0.1) is 0 Å². The Morgan fingerprint density at radius 1 is 1.27 bits per heavy atom. The van der Waals surface area contributed by atoms with Crippen molar-refractivity contribution in [2.75, 3.05) is 0 Å². The van der Waals surface area contributed by atoms with E-state index in [9.17, 15) is 18.4 Å². The molecule has 0 fully saturated rings. The first-order valence-electron chi connectivity index (χ1n) is 8.07. The lowest BCUT2D eigenvalue weighted by Crippen LogP contribution is -2.28. The number of carbonyl (C=O) groups excluding carboxylic acids is 1. The number of carboxylic acid groups (broad SMARTS) is 1. The van der Waals surface area contributed by atoms with Crippen molar-refractivity contribution >= 4 is 11.9 Å². The van der Waals surface area contributed by atoms with Gasteiger partial charge in [0.15, 0.2) is 5.76 Å². The Morgan fingerprint density at radius 2 is 1.96 bits per heavy atom. The number of ether oxygens (including phenoxy) is 1. The molecule has 1 heterocycles. The zero-order valence-electron chi connectivity index (χ0n) is 14.3. The number of rotatable bonds is 8. The fourth-order valence-electron chi connectivity index (χ4n) is 2.59. The number of carboxylic acids is 1. The Kier molecular flexibility index (Phi) is 6.32. The fourth-order valence-corrected chi connectivity index (χ4v) is 2.59. The van der Waals surface area contributed by atoms with Crippen LogP contribution in [-0.2, 0) is 6.42 Å². The van der Waals surface area contributed by atoms with Gasteiger partial charge in [0.1, 0.15) is 17.1 Å². The van der Waals surface area contributed by atoms with Gasteiger partial charge in [0.2, 0.25) is 0 Å². The summed E-state index contributed by atoms with van der Waals surface area (Å²) >= 11 is 0. The molecule has 0 bridgehead atoms. The molecule has 26 heavy (non-hydrogen) atoms.